The van der Waals surface area contributed by atoms with Crippen LogP contribution in [-0.2, 0) is 0 Å². The van der Waals surface area contributed by atoms with Crippen molar-refractivity contribution in [1.82, 2.24) is 9.97 Å². The molecule has 0 aliphatic carbocycles. The number of pyridine rings is 1. The molecule has 5 heteroatoms. The van der Waals surface area contributed by atoms with Crippen LogP contribution in [0.4, 0.5) is 11.4 Å². The number of oxazole rings is 1. The predicted molar refractivity (Wildman–Crippen MR) is 85.0 cm³/mol. The second kappa shape index (κ2) is 5.44. The summed E-state index contributed by atoms with van der Waals surface area (Å²) in [6, 6.07) is 7.61. The molecule has 0 atom stereocenters. The topological polar surface area (TPSA) is 77.0 Å². The van der Waals surface area contributed by atoms with Crippen molar-refractivity contribution in [3.05, 3.63) is 36.7 Å². The van der Waals surface area contributed by atoms with E-state index < -0.39 is 0 Å². The summed E-state index contributed by atoms with van der Waals surface area (Å²) in [6.45, 7) is 5.20. The van der Waals surface area contributed by atoms with E-state index in [1.165, 1.54) is 0 Å². The van der Waals surface area contributed by atoms with Crippen LogP contribution in [0, 0.1) is 5.92 Å². The van der Waals surface area contributed by atoms with E-state index in [-0.39, 0.29) is 0 Å². The Kier molecular flexibility index (Phi) is 3.48. The highest BCUT2D eigenvalue weighted by Gasteiger charge is 2.10. The van der Waals surface area contributed by atoms with E-state index in [4.69, 9.17) is 10.2 Å². The fraction of sp³-hybridized carbons (Fsp3) is 0.250. The highest BCUT2D eigenvalue weighted by molar-refractivity contribution is 5.78. The SMILES string of the molecule is CC(C)CNc1ccc(-c2nc3ccncc3o2)cc1N. The summed E-state index contributed by atoms with van der Waals surface area (Å²) in [5.41, 5.74) is 10.0. The van der Waals surface area contributed by atoms with Crippen molar-refractivity contribution in [2.75, 3.05) is 17.6 Å². The molecule has 1 aromatic carbocycles. The lowest BCUT2D eigenvalue weighted by atomic mass is 10.1. The third-order valence-corrected chi connectivity index (χ3v) is 3.19. The Morgan fingerprint density at radius 1 is 1.29 bits per heavy atom. The number of nitrogens with two attached hydrogens (primary N) is 1. The Bertz CT molecular complexity index is 731. The van der Waals surface area contributed by atoms with Gasteiger partial charge in [0.1, 0.15) is 5.52 Å². The summed E-state index contributed by atoms with van der Waals surface area (Å²) in [5.74, 6) is 1.12. The largest absolute Gasteiger partial charge is 0.434 e. The Hall–Kier alpha value is -2.56. The fourth-order valence-electron chi connectivity index (χ4n) is 2.07. The van der Waals surface area contributed by atoms with Gasteiger partial charge in [-0.2, -0.15) is 0 Å². The first kappa shape index (κ1) is 13.4. The van der Waals surface area contributed by atoms with Crippen LogP contribution in [0.25, 0.3) is 22.6 Å². The number of hydrogen-bond donors (Lipinski definition) is 2. The molecule has 0 spiro atoms. The van der Waals surface area contributed by atoms with Crippen molar-refractivity contribution in [3.63, 3.8) is 0 Å². The van der Waals surface area contributed by atoms with Gasteiger partial charge >= 0.3 is 0 Å². The zero-order valence-electron chi connectivity index (χ0n) is 12.1. The van der Waals surface area contributed by atoms with Crippen molar-refractivity contribution in [2.24, 2.45) is 5.92 Å². The lowest BCUT2D eigenvalue weighted by Gasteiger charge is -2.11. The van der Waals surface area contributed by atoms with Crippen LogP contribution in [0.15, 0.2) is 41.1 Å². The molecule has 0 aliphatic rings. The summed E-state index contributed by atoms with van der Waals surface area (Å²) in [6.07, 6.45) is 3.36. The summed E-state index contributed by atoms with van der Waals surface area (Å²) < 4.78 is 5.70. The fourth-order valence-corrected chi connectivity index (χ4v) is 2.07. The normalized spacial score (nSPS) is 11.2. The van der Waals surface area contributed by atoms with Crippen molar-refractivity contribution in [2.45, 2.75) is 13.8 Å². The van der Waals surface area contributed by atoms with Gasteiger partial charge in [-0.15, -0.1) is 0 Å². The number of nitrogens with zero attached hydrogens (tertiary/aromatic N) is 2. The zero-order valence-corrected chi connectivity index (χ0v) is 12.1. The van der Waals surface area contributed by atoms with Crippen molar-refractivity contribution in [3.8, 4) is 11.5 Å². The van der Waals surface area contributed by atoms with E-state index in [9.17, 15) is 0 Å². The van der Waals surface area contributed by atoms with E-state index in [0.29, 0.717) is 23.1 Å². The summed E-state index contributed by atoms with van der Waals surface area (Å²) >= 11 is 0. The molecule has 21 heavy (non-hydrogen) atoms. The number of fused-ring (bicyclic) bond motifs is 1. The van der Waals surface area contributed by atoms with Crippen LogP contribution in [0.3, 0.4) is 0 Å². The van der Waals surface area contributed by atoms with Crippen LogP contribution in [0.1, 0.15) is 13.8 Å². The standard InChI is InChI=1S/C16H18N4O/c1-10(2)8-19-13-4-3-11(7-12(13)17)16-20-14-5-6-18-9-15(14)21-16/h3-7,9-10,19H,8,17H2,1-2H3. The highest BCUT2D eigenvalue weighted by atomic mass is 16.3. The maximum Gasteiger partial charge on any atom is 0.227 e. The van der Waals surface area contributed by atoms with E-state index in [2.05, 4.69) is 29.1 Å². The number of aromatic nitrogens is 2. The van der Waals surface area contributed by atoms with Gasteiger partial charge in [-0.05, 0) is 30.2 Å². The van der Waals surface area contributed by atoms with Crippen molar-refractivity contribution in [1.29, 1.82) is 0 Å². The van der Waals surface area contributed by atoms with E-state index in [1.807, 2.05) is 24.3 Å². The first-order chi connectivity index (χ1) is 10.1. The van der Waals surface area contributed by atoms with Crippen LogP contribution in [-0.4, -0.2) is 16.5 Å². The molecule has 5 nitrogen and oxygen atoms in total. The summed E-state index contributed by atoms with van der Waals surface area (Å²) in [5, 5.41) is 3.33. The molecular weight excluding hydrogens is 264 g/mol. The average molecular weight is 282 g/mol. The minimum Gasteiger partial charge on any atom is -0.434 e. The van der Waals surface area contributed by atoms with Gasteiger partial charge in [-0.1, -0.05) is 13.8 Å². The minimum atomic E-state index is 0.556. The third-order valence-electron chi connectivity index (χ3n) is 3.19. The molecule has 2 aromatic heterocycles. The van der Waals surface area contributed by atoms with Crippen LogP contribution >= 0.6 is 0 Å². The van der Waals surface area contributed by atoms with Gasteiger partial charge in [-0.3, -0.25) is 4.98 Å². The maximum absolute atomic E-state index is 6.09. The number of rotatable bonds is 4. The second-order valence-electron chi connectivity index (χ2n) is 5.44. The molecule has 0 aliphatic heterocycles. The molecule has 0 radical (unpaired) electrons. The minimum absolute atomic E-state index is 0.556. The van der Waals surface area contributed by atoms with Crippen LogP contribution in [0.5, 0.6) is 0 Å². The van der Waals surface area contributed by atoms with Gasteiger partial charge in [-0.25, -0.2) is 4.98 Å². The Labute approximate surface area is 123 Å². The number of hydrogen-bond acceptors (Lipinski definition) is 5. The van der Waals surface area contributed by atoms with Crippen LogP contribution < -0.4 is 11.1 Å². The van der Waals surface area contributed by atoms with Gasteiger partial charge in [0.05, 0.1) is 17.6 Å². The van der Waals surface area contributed by atoms with E-state index in [1.54, 1.807) is 12.4 Å². The molecule has 0 saturated carbocycles. The molecule has 3 aromatic rings. The lowest BCUT2D eigenvalue weighted by molar-refractivity contribution is 0.618. The molecule has 0 amide bonds. The number of nitrogen functional groups attached to an aromatic ring is 1. The van der Waals surface area contributed by atoms with E-state index in [0.717, 1.165) is 23.3 Å². The average Bonchev–Trinajstić information content (AvgIpc) is 2.89. The van der Waals surface area contributed by atoms with Gasteiger partial charge in [0.2, 0.25) is 5.89 Å². The molecule has 108 valence electrons. The third kappa shape index (κ3) is 2.81. The maximum atomic E-state index is 6.09. The molecule has 0 saturated heterocycles. The van der Waals surface area contributed by atoms with Crippen molar-refractivity contribution < 1.29 is 4.42 Å². The highest BCUT2D eigenvalue weighted by Crippen LogP contribution is 2.28. The molecule has 0 fully saturated rings. The predicted octanol–water partition coefficient (Wildman–Crippen LogP) is 3.54. The van der Waals surface area contributed by atoms with Crippen LogP contribution in [0.2, 0.25) is 0 Å². The first-order valence-corrected chi connectivity index (χ1v) is 6.98. The first-order valence-electron chi connectivity index (χ1n) is 6.98. The molecular formula is C16H18N4O. The smallest absolute Gasteiger partial charge is 0.227 e. The Balaban J connectivity index is 1.90. The quantitative estimate of drug-likeness (QED) is 0.716. The summed E-state index contributed by atoms with van der Waals surface area (Å²) in [7, 11) is 0. The zero-order chi connectivity index (χ0) is 14.8. The number of anilines is 2. The molecule has 0 unspecified atom stereocenters. The Morgan fingerprint density at radius 2 is 2.14 bits per heavy atom. The molecule has 3 rings (SSSR count). The number of benzene rings is 1. The molecule has 0 bridgehead atoms. The number of nitrogens with one attached hydrogen (secondary N) is 1. The van der Waals surface area contributed by atoms with Gasteiger partial charge in [0.25, 0.3) is 0 Å². The lowest BCUT2D eigenvalue weighted by Crippen LogP contribution is -2.09. The van der Waals surface area contributed by atoms with Gasteiger partial charge in [0.15, 0.2) is 5.58 Å². The second-order valence-corrected chi connectivity index (χ2v) is 5.44. The molecule has 2 heterocycles. The van der Waals surface area contributed by atoms with Crippen molar-refractivity contribution >= 4 is 22.5 Å². The monoisotopic (exact) mass is 282 g/mol. The van der Waals surface area contributed by atoms with E-state index >= 15 is 0 Å². The van der Waals surface area contributed by atoms with Gasteiger partial charge in [0, 0.05) is 18.3 Å². The van der Waals surface area contributed by atoms with Gasteiger partial charge < -0.3 is 15.5 Å². The summed E-state index contributed by atoms with van der Waals surface area (Å²) in [4.78, 5) is 8.47. The molecule has 3 N–H and O–H groups in total. The Morgan fingerprint density at radius 3 is 2.86 bits per heavy atom.